The number of piperazine rings is 1. The molecule has 1 aliphatic rings. The number of esters is 1. The second-order valence-electron chi connectivity index (χ2n) is 9.40. The van der Waals surface area contributed by atoms with Crippen molar-refractivity contribution >= 4 is 12.1 Å². The summed E-state index contributed by atoms with van der Waals surface area (Å²) >= 11 is 0. The molecule has 3 rings (SSSR count). The molecule has 1 aromatic heterocycles. The average molecular weight is 510 g/mol. The summed E-state index contributed by atoms with van der Waals surface area (Å²) in [4.78, 5) is 31.9. The van der Waals surface area contributed by atoms with E-state index >= 15 is 0 Å². The van der Waals surface area contributed by atoms with E-state index in [1.807, 2.05) is 30.3 Å². The van der Waals surface area contributed by atoms with Crippen molar-refractivity contribution in [3.05, 3.63) is 59.3 Å². The van der Waals surface area contributed by atoms with E-state index in [1.165, 1.54) is 0 Å². The van der Waals surface area contributed by atoms with Gasteiger partial charge in [-0.05, 0) is 26.3 Å². The highest BCUT2D eigenvalue weighted by Gasteiger charge is 2.37. The molecule has 0 N–H and O–H groups in total. The molecular formula is C25H30F3N3O5. The Labute approximate surface area is 207 Å². The summed E-state index contributed by atoms with van der Waals surface area (Å²) in [5.41, 5.74) is -1.51. The van der Waals surface area contributed by atoms with Gasteiger partial charge in [0.05, 0.1) is 24.3 Å². The van der Waals surface area contributed by atoms with Crippen LogP contribution in [0, 0.1) is 0 Å². The molecule has 0 aliphatic carbocycles. The lowest BCUT2D eigenvalue weighted by Crippen LogP contribution is -2.57. The van der Waals surface area contributed by atoms with Crippen LogP contribution in [-0.4, -0.2) is 71.8 Å². The molecule has 8 nitrogen and oxygen atoms in total. The molecule has 0 radical (unpaired) electrons. The molecule has 11 heteroatoms. The van der Waals surface area contributed by atoms with Gasteiger partial charge in [-0.2, -0.15) is 13.2 Å². The maximum atomic E-state index is 13.5. The van der Waals surface area contributed by atoms with E-state index in [0.717, 1.165) is 18.9 Å². The van der Waals surface area contributed by atoms with Gasteiger partial charge < -0.3 is 19.1 Å². The van der Waals surface area contributed by atoms with Gasteiger partial charge in [-0.3, -0.25) is 4.90 Å². The van der Waals surface area contributed by atoms with Gasteiger partial charge in [-0.15, -0.1) is 0 Å². The first-order chi connectivity index (χ1) is 16.9. The van der Waals surface area contributed by atoms with Crippen molar-refractivity contribution < 1.29 is 37.0 Å². The van der Waals surface area contributed by atoms with Crippen molar-refractivity contribution in [1.29, 1.82) is 0 Å². The summed E-state index contributed by atoms with van der Waals surface area (Å²) in [6.07, 6.45) is -4.48. The first-order valence-corrected chi connectivity index (χ1v) is 11.4. The molecule has 1 aliphatic heterocycles. The zero-order valence-corrected chi connectivity index (χ0v) is 20.7. The fourth-order valence-corrected chi connectivity index (χ4v) is 3.77. The summed E-state index contributed by atoms with van der Waals surface area (Å²) in [7, 11) is 0.994. The lowest BCUT2D eigenvalue weighted by Gasteiger charge is -2.41. The van der Waals surface area contributed by atoms with Crippen LogP contribution in [0.5, 0.6) is 5.88 Å². The highest BCUT2D eigenvalue weighted by atomic mass is 19.4. The minimum Gasteiger partial charge on any atom is -0.476 e. The number of hydrogen-bond acceptors (Lipinski definition) is 7. The molecule has 36 heavy (non-hydrogen) atoms. The van der Waals surface area contributed by atoms with Crippen molar-refractivity contribution in [1.82, 2.24) is 14.8 Å². The summed E-state index contributed by atoms with van der Waals surface area (Å²) in [6.45, 7) is 7.08. The fourth-order valence-electron chi connectivity index (χ4n) is 3.77. The number of rotatable bonds is 6. The van der Waals surface area contributed by atoms with E-state index in [-0.39, 0.29) is 25.1 Å². The molecule has 1 amide bonds. The molecule has 0 spiro atoms. The van der Waals surface area contributed by atoms with Gasteiger partial charge in [0.25, 0.3) is 0 Å². The largest absolute Gasteiger partial charge is 0.476 e. The monoisotopic (exact) mass is 509 g/mol. The first kappa shape index (κ1) is 27.3. The predicted octanol–water partition coefficient (Wildman–Crippen LogP) is 4.39. The Morgan fingerprint density at radius 3 is 2.42 bits per heavy atom. The van der Waals surface area contributed by atoms with Gasteiger partial charge in [-0.25, -0.2) is 14.6 Å². The Morgan fingerprint density at radius 2 is 1.81 bits per heavy atom. The van der Waals surface area contributed by atoms with E-state index in [2.05, 4.69) is 14.6 Å². The standard InChI is InChI=1S/C25H30F3N3O5/c1-24(2,3)36-23(33)31-11-10-30(14-17-8-6-5-7-9-17)18(15-31)16-35-21-12-20(25(26,27)28)19(13-29-21)22(32)34-4/h5-9,12-13,18H,10-11,14-16H2,1-4H3/t18-/m0/s1. The number of nitrogens with zero attached hydrogens (tertiary/aromatic N) is 3. The van der Waals surface area contributed by atoms with Crippen LogP contribution >= 0.6 is 0 Å². The molecule has 0 bridgehead atoms. The smallest absolute Gasteiger partial charge is 0.417 e. The van der Waals surface area contributed by atoms with Crippen LogP contribution < -0.4 is 4.74 Å². The highest BCUT2D eigenvalue weighted by Crippen LogP contribution is 2.34. The van der Waals surface area contributed by atoms with E-state index < -0.39 is 35.0 Å². The molecule has 1 saturated heterocycles. The van der Waals surface area contributed by atoms with Gasteiger partial charge in [-0.1, -0.05) is 30.3 Å². The number of methoxy groups -OCH3 is 1. The van der Waals surface area contributed by atoms with Gasteiger partial charge in [0.1, 0.15) is 12.2 Å². The van der Waals surface area contributed by atoms with E-state index in [1.54, 1.807) is 25.7 Å². The SMILES string of the molecule is COC(=O)c1cnc(OC[C@@H]2CN(C(=O)OC(C)(C)C)CCN2Cc2ccccc2)cc1C(F)(F)F. The number of hydrogen-bond donors (Lipinski definition) is 0. The van der Waals surface area contributed by atoms with Crippen molar-refractivity contribution in [2.24, 2.45) is 0 Å². The summed E-state index contributed by atoms with van der Waals surface area (Å²) < 4.78 is 56.2. The average Bonchev–Trinajstić information content (AvgIpc) is 2.81. The quantitative estimate of drug-likeness (QED) is 0.535. The minimum atomic E-state index is -4.80. The number of halogens is 3. The van der Waals surface area contributed by atoms with E-state index in [0.29, 0.717) is 25.7 Å². The molecule has 0 unspecified atom stereocenters. The zero-order chi connectivity index (χ0) is 26.5. The Balaban J connectivity index is 1.79. The Bertz CT molecular complexity index is 1060. The fraction of sp³-hybridized carbons (Fsp3) is 0.480. The number of carbonyl (C=O) groups is 2. The van der Waals surface area contributed by atoms with E-state index in [4.69, 9.17) is 9.47 Å². The van der Waals surface area contributed by atoms with Crippen LogP contribution in [0.3, 0.4) is 0 Å². The normalized spacial score (nSPS) is 17.0. The lowest BCUT2D eigenvalue weighted by atomic mass is 10.1. The summed E-state index contributed by atoms with van der Waals surface area (Å²) in [6, 6.07) is 10.0. The number of benzene rings is 1. The van der Waals surface area contributed by atoms with E-state index in [9.17, 15) is 22.8 Å². The number of carbonyl (C=O) groups excluding carboxylic acids is 2. The Hall–Kier alpha value is -3.34. The molecule has 196 valence electrons. The Kier molecular flexibility index (Phi) is 8.44. The van der Waals surface area contributed by atoms with Crippen LogP contribution in [0.2, 0.25) is 0 Å². The van der Waals surface area contributed by atoms with Crippen molar-refractivity contribution in [2.75, 3.05) is 33.4 Å². The zero-order valence-electron chi connectivity index (χ0n) is 20.7. The van der Waals surface area contributed by atoms with Gasteiger partial charge in [0.2, 0.25) is 5.88 Å². The Morgan fingerprint density at radius 1 is 1.11 bits per heavy atom. The second-order valence-corrected chi connectivity index (χ2v) is 9.40. The molecule has 0 saturated carbocycles. The maximum absolute atomic E-state index is 13.5. The topological polar surface area (TPSA) is 81.2 Å². The number of amides is 1. The highest BCUT2D eigenvalue weighted by molar-refractivity contribution is 5.91. The number of pyridine rings is 1. The van der Waals surface area contributed by atoms with Gasteiger partial charge >= 0.3 is 18.2 Å². The maximum Gasteiger partial charge on any atom is 0.417 e. The molecule has 2 heterocycles. The molecule has 1 atom stereocenters. The van der Waals surface area contributed by atoms with Gasteiger partial charge in [0, 0.05) is 38.4 Å². The van der Waals surface area contributed by atoms with Gasteiger partial charge in [0.15, 0.2) is 0 Å². The van der Waals surface area contributed by atoms with Crippen LogP contribution in [0.15, 0.2) is 42.6 Å². The first-order valence-electron chi connectivity index (χ1n) is 11.4. The number of ether oxygens (including phenoxy) is 3. The summed E-state index contributed by atoms with van der Waals surface area (Å²) in [5.74, 6) is -1.43. The summed E-state index contributed by atoms with van der Waals surface area (Å²) in [5, 5.41) is 0. The predicted molar refractivity (Wildman–Crippen MR) is 125 cm³/mol. The minimum absolute atomic E-state index is 0.0337. The van der Waals surface area contributed by atoms with Crippen molar-refractivity contribution in [3.8, 4) is 5.88 Å². The van der Waals surface area contributed by atoms with Crippen LogP contribution in [0.25, 0.3) is 0 Å². The van der Waals surface area contributed by atoms with Crippen molar-refractivity contribution in [2.45, 2.75) is 45.1 Å². The third kappa shape index (κ3) is 7.33. The molecule has 2 aromatic rings. The third-order valence-corrected chi connectivity index (χ3v) is 5.50. The number of aromatic nitrogens is 1. The molecule has 1 aromatic carbocycles. The van der Waals surface area contributed by atoms with Crippen molar-refractivity contribution in [3.63, 3.8) is 0 Å². The van der Waals surface area contributed by atoms with Crippen LogP contribution in [0.4, 0.5) is 18.0 Å². The van der Waals surface area contributed by atoms with Crippen LogP contribution in [-0.2, 0) is 22.2 Å². The lowest BCUT2D eigenvalue weighted by molar-refractivity contribution is -0.138. The van der Waals surface area contributed by atoms with Crippen LogP contribution in [0.1, 0.15) is 42.3 Å². The third-order valence-electron chi connectivity index (χ3n) is 5.50. The number of alkyl halides is 3. The second kappa shape index (κ2) is 11.2. The molecular weight excluding hydrogens is 479 g/mol. The molecule has 1 fully saturated rings.